The highest BCUT2D eigenvalue weighted by Gasteiger charge is 2.16. The number of benzene rings is 2. The molecule has 1 heterocycles. The maximum Gasteiger partial charge on any atom is 0.336 e. The largest absolute Gasteiger partial charge is 0.423 e. The predicted octanol–water partition coefficient (Wildman–Crippen LogP) is 5.17. The number of hydrogen-bond donors (Lipinski definition) is 0. The molecule has 0 unspecified atom stereocenters. The summed E-state index contributed by atoms with van der Waals surface area (Å²) in [7, 11) is 0. The number of hydrogen-bond acceptors (Lipinski definition) is 4. The van der Waals surface area contributed by atoms with Crippen molar-refractivity contribution in [3.8, 4) is 5.75 Å². The van der Waals surface area contributed by atoms with Crippen LogP contribution in [0.5, 0.6) is 5.75 Å². The molecular formula is C19H18O2S2. The highest BCUT2D eigenvalue weighted by Crippen LogP contribution is 2.43. The topological polar surface area (TPSA) is 26.3 Å². The normalized spacial score (nSPS) is 15.7. The first-order chi connectivity index (χ1) is 11.3. The van der Waals surface area contributed by atoms with E-state index in [1.807, 2.05) is 66.0 Å². The number of ether oxygens (including phenoxy) is 1. The number of carbonyl (C=O) groups excluding carboxylic acids is 1. The second-order valence-electron chi connectivity index (χ2n) is 5.16. The minimum absolute atomic E-state index is 0.358. The van der Waals surface area contributed by atoms with E-state index in [0.717, 1.165) is 5.56 Å². The standard InChI is InChI=1S/C19H18O2S2/c20-18(12-7-15-5-2-1-3-6-15)21-17-10-8-16(9-11-17)19-22-13-4-14-23-19/h1-3,5-12,19H,4,13-14H2. The summed E-state index contributed by atoms with van der Waals surface area (Å²) in [4.78, 5) is 11.9. The molecule has 1 saturated heterocycles. The van der Waals surface area contributed by atoms with Gasteiger partial charge in [0.25, 0.3) is 0 Å². The molecule has 0 aromatic heterocycles. The number of carbonyl (C=O) groups is 1. The monoisotopic (exact) mass is 342 g/mol. The van der Waals surface area contributed by atoms with Crippen LogP contribution in [0.3, 0.4) is 0 Å². The summed E-state index contributed by atoms with van der Waals surface area (Å²) >= 11 is 3.97. The van der Waals surface area contributed by atoms with E-state index in [2.05, 4.69) is 12.1 Å². The zero-order valence-corrected chi connectivity index (χ0v) is 14.3. The van der Waals surface area contributed by atoms with Crippen LogP contribution in [0.1, 0.15) is 22.1 Å². The van der Waals surface area contributed by atoms with E-state index < -0.39 is 0 Å². The van der Waals surface area contributed by atoms with E-state index in [4.69, 9.17) is 4.74 Å². The second kappa shape index (κ2) is 8.27. The quantitative estimate of drug-likeness (QED) is 0.435. The minimum Gasteiger partial charge on any atom is -0.423 e. The van der Waals surface area contributed by atoms with E-state index in [1.165, 1.54) is 29.6 Å². The fourth-order valence-electron chi connectivity index (χ4n) is 2.25. The average Bonchev–Trinajstić information content (AvgIpc) is 2.62. The van der Waals surface area contributed by atoms with Gasteiger partial charge in [-0.25, -0.2) is 4.79 Å². The smallest absolute Gasteiger partial charge is 0.336 e. The zero-order valence-electron chi connectivity index (χ0n) is 12.7. The highest BCUT2D eigenvalue weighted by molar-refractivity contribution is 8.16. The van der Waals surface area contributed by atoms with Gasteiger partial charge in [0.2, 0.25) is 0 Å². The third-order valence-electron chi connectivity index (χ3n) is 3.41. The van der Waals surface area contributed by atoms with Crippen LogP contribution in [0, 0.1) is 0 Å². The molecule has 0 saturated carbocycles. The van der Waals surface area contributed by atoms with Crippen molar-refractivity contribution >= 4 is 35.6 Å². The first kappa shape index (κ1) is 16.2. The molecule has 4 heteroatoms. The Kier molecular flexibility index (Phi) is 5.83. The summed E-state index contributed by atoms with van der Waals surface area (Å²) in [6.45, 7) is 0. The van der Waals surface area contributed by atoms with Gasteiger partial charge in [-0.2, -0.15) is 0 Å². The van der Waals surface area contributed by atoms with Crippen LogP contribution in [-0.2, 0) is 4.79 Å². The van der Waals surface area contributed by atoms with Crippen molar-refractivity contribution in [2.24, 2.45) is 0 Å². The maximum atomic E-state index is 11.9. The summed E-state index contributed by atoms with van der Waals surface area (Å²) < 4.78 is 5.85. The molecule has 0 bridgehead atoms. The van der Waals surface area contributed by atoms with Crippen LogP contribution in [-0.4, -0.2) is 17.5 Å². The fraction of sp³-hybridized carbons (Fsp3) is 0.211. The summed E-state index contributed by atoms with van der Waals surface area (Å²) in [6.07, 6.45) is 4.50. The predicted molar refractivity (Wildman–Crippen MR) is 99.8 cm³/mol. The fourth-order valence-corrected chi connectivity index (χ4v) is 5.15. The zero-order chi connectivity index (χ0) is 15.9. The van der Waals surface area contributed by atoms with Crippen molar-refractivity contribution in [2.45, 2.75) is 11.0 Å². The maximum absolute atomic E-state index is 11.9. The summed E-state index contributed by atoms with van der Waals surface area (Å²) in [5.74, 6) is 2.67. The molecule has 0 N–H and O–H groups in total. The molecular weight excluding hydrogens is 324 g/mol. The van der Waals surface area contributed by atoms with Crippen molar-refractivity contribution in [3.05, 3.63) is 71.8 Å². The van der Waals surface area contributed by atoms with Gasteiger partial charge in [-0.05, 0) is 47.3 Å². The molecule has 0 atom stereocenters. The van der Waals surface area contributed by atoms with E-state index in [9.17, 15) is 4.79 Å². The summed E-state index contributed by atoms with van der Waals surface area (Å²) in [5.41, 5.74) is 2.27. The van der Waals surface area contributed by atoms with Gasteiger partial charge in [0.1, 0.15) is 5.75 Å². The number of thioether (sulfide) groups is 2. The molecule has 3 rings (SSSR count). The third-order valence-corrected chi connectivity index (χ3v) is 6.42. The molecule has 23 heavy (non-hydrogen) atoms. The molecule has 0 amide bonds. The average molecular weight is 342 g/mol. The van der Waals surface area contributed by atoms with Crippen LogP contribution in [0.2, 0.25) is 0 Å². The third kappa shape index (κ3) is 4.91. The molecule has 0 aliphatic carbocycles. The van der Waals surface area contributed by atoms with Crippen LogP contribution >= 0.6 is 23.5 Å². The van der Waals surface area contributed by atoms with Crippen molar-refractivity contribution in [1.29, 1.82) is 0 Å². The minimum atomic E-state index is -0.358. The molecule has 0 radical (unpaired) electrons. The molecule has 2 aromatic rings. The molecule has 118 valence electrons. The molecule has 2 nitrogen and oxygen atoms in total. The van der Waals surface area contributed by atoms with Gasteiger partial charge in [-0.3, -0.25) is 0 Å². The molecule has 2 aromatic carbocycles. The lowest BCUT2D eigenvalue weighted by molar-refractivity contribution is -0.128. The van der Waals surface area contributed by atoms with Gasteiger partial charge in [0.15, 0.2) is 0 Å². The first-order valence-electron chi connectivity index (χ1n) is 7.59. The van der Waals surface area contributed by atoms with Crippen molar-refractivity contribution < 1.29 is 9.53 Å². The summed E-state index contributed by atoms with van der Waals surface area (Å²) in [5, 5.41) is 0. The molecule has 0 spiro atoms. The lowest BCUT2D eigenvalue weighted by Gasteiger charge is -2.21. The van der Waals surface area contributed by atoms with E-state index >= 15 is 0 Å². The second-order valence-corrected chi connectivity index (χ2v) is 7.89. The van der Waals surface area contributed by atoms with Crippen LogP contribution in [0.4, 0.5) is 0 Å². The Balaban J connectivity index is 1.57. The Hall–Kier alpha value is -1.65. The SMILES string of the molecule is O=C(C=Cc1ccccc1)Oc1ccc(C2SCCCS2)cc1. The molecule has 1 fully saturated rings. The highest BCUT2D eigenvalue weighted by atomic mass is 32.2. The molecule has 1 aliphatic rings. The van der Waals surface area contributed by atoms with Crippen molar-refractivity contribution in [3.63, 3.8) is 0 Å². The lowest BCUT2D eigenvalue weighted by Crippen LogP contribution is -2.04. The summed E-state index contributed by atoms with van der Waals surface area (Å²) in [6, 6.07) is 17.6. The number of rotatable bonds is 4. The van der Waals surface area contributed by atoms with Gasteiger partial charge in [-0.15, -0.1) is 23.5 Å². The van der Waals surface area contributed by atoms with Gasteiger partial charge in [-0.1, -0.05) is 42.5 Å². The van der Waals surface area contributed by atoms with Gasteiger partial charge in [0.05, 0.1) is 4.58 Å². The lowest BCUT2D eigenvalue weighted by atomic mass is 10.2. The Bertz CT molecular complexity index is 660. The van der Waals surface area contributed by atoms with Crippen LogP contribution in [0.15, 0.2) is 60.7 Å². The van der Waals surface area contributed by atoms with Crippen LogP contribution < -0.4 is 4.74 Å². The molecule has 1 aliphatic heterocycles. The Labute approximate surface area is 145 Å². The van der Waals surface area contributed by atoms with Crippen molar-refractivity contribution in [1.82, 2.24) is 0 Å². The number of esters is 1. The van der Waals surface area contributed by atoms with Gasteiger partial charge in [0, 0.05) is 6.08 Å². The Morgan fingerprint density at radius 1 is 1.00 bits per heavy atom. The Morgan fingerprint density at radius 3 is 2.39 bits per heavy atom. The van der Waals surface area contributed by atoms with Gasteiger partial charge >= 0.3 is 5.97 Å². The van der Waals surface area contributed by atoms with E-state index in [1.54, 1.807) is 6.08 Å². The van der Waals surface area contributed by atoms with Crippen LogP contribution in [0.25, 0.3) is 6.08 Å². The van der Waals surface area contributed by atoms with Gasteiger partial charge < -0.3 is 4.74 Å². The van der Waals surface area contributed by atoms with E-state index in [-0.39, 0.29) is 5.97 Å². The first-order valence-corrected chi connectivity index (χ1v) is 9.69. The van der Waals surface area contributed by atoms with Crippen molar-refractivity contribution in [2.75, 3.05) is 11.5 Å². The van der Waals surface area contributed by atoms with E-state index in [0.29, 0.717) is 10.3 Å². The Morgan fingerprint density at radius 2 is 1.70 bits per heavy atom.